The highest BCUT2D eigenvalue weighted by atomic mass is 32.1. The number of hydrogen-bond acceptors (Lipinski definition) is 9. The summed E-state index contributed by atoms with van der Waals surface area (Å²) in [5.74, 6) is -3.92. The molecule has 0 aliphatic carbocycles. The van der Waals surface area contributed by atoms with E-state index >= 15 is 0 Å². The molecular formula is C19H38N8O6S. The minimum absolute atomic E-state index is 0.104. The number of aliphatic hydroxyl groups excluding tert-OH is 1. The molecule has 0 aliphatic heterocycles. The topological polar surface area (TPSA) is 261 Å². The Labute approximate surface area is 204 Å². The highest BCUT2D eigenvalue weighted by molar-refractivity contribution is 7.80. The number of carbonyl (C=O) groups excluding carboxylic acids is 3. The van der Waals surface area contributed by atoms with Gasteiger partial charge in [0.25, 0.3) is 0 Å². The van der Waals surface area contributed by atoms with Crippen LogP contribution in [-0.4, -0.2) is 89.0 Å². The number of carboxylic acids is 1. The monoisotopic (exact) mass is 506 g/mol. The zero-order valence-corrected chi connectivity index (χ0v) is 20.2. The summed E-state index contributed by atoms with van der Waals surface area (Å²) in [5, 5.41) is 26.2. The molecule has 0 spiro atoms. The van der Waals surface area contributed by atoms with Crippen LogP contribution in [0.3, 0.4) is 0 Å². The standard InChI is InChI=1S/C19H38N8O6S/c1-10(28)14(17(31)26-13(9-34)18(32)33)27-16(30)12(6-4-8-24-19(22)23)25-15(29)11(21)5-2-3-7-20/h10-14,28,34H,2-9,20-21H2,1H3,(H,25,29)(H,26,31)(H,27,30)(H,32,33)(H4,22,23,24). The Hall–Kier alpha value is -2.62. The van der Waals surface area contributed by atoms with Gasteiger partial charge in [0.15, 0.2) is 5.96 Å². The van der Waals surface area contributed by atoms with Crippen LogP contribution in [0.4, 0.5) is 0 Å². The molecule has 14 nitrogen and oxygen atoms in total. The van der Waals surface area contributed by atoms with Gasteiger partial charge in [-0.05, 0) is 39.2 Å². The third-order valence-electron chi connectivity index (χ3n) is 4.74. The Balaban J connectivity index is 5.39. The van der Waals surface area contributed by atoms with Crippen LogP contribution in [0, 0.1) is 0 Å². The Bertz CT molecular complexity index is 704. The molecule has 5 atom stereocenters. The number of guanidine groups is 1. The van der Waals surface area contributed by atoms with Crippen LogP contribution in [0.5, 0.6) is 0 Å². The second-order valence-corrected chi connectivity index (χ2v) is 8.07. The number of aliphatic carboxylic acids is 1. The highest BCUT2D eigenvalue weighted by Gasteiger charge is 2.32. The molecule has 34 heavy (non-hydrogen) atoms. The Morgan fingerprint density at radius 3 is 2.06 bits per heavy atom. The van der Waals surface area contributed by atoms with Gasteiger partial charge in [0.1, 0.15) is 18.1 Å². The maximum Gasteiger partial charge on any atom is 0.327 e. The quantitative estimate of drug-likeness (QED) is 0.0400. The number of nitrogens with two attached hydrogens (primary N) is 4. The summed E-state index contributed by atoms with van der Waals surface area (Å²) in [6.45, 7) is 1.90. The number of rotatable bonds is 17. The maximum absolute atomic E-state index is 12.9. The van der Waals surface area contributed by atoms with E-state index in [0.29, 0.717) is 32.2 Å². The van der Waals surface area contributed by atoms with Gasteiger partial charge in [-0.2, -0.15) is 12.6 Å². The molecule has 0 aromatic carbocycles. The first-order valence-corrected chi connectivity index (χ1v) is 11.5. The average Bonchev–Trinajstić information content (AvgIpc) is 2.76. The van der Waals surface area contributed by atoms with Crippen molar-refractivity contribution in [2.75, 3.05) is 18.8 Å². The van der Waals surface area contributed by atoms with Crippen LogP contribution in [0.2, 0.25) is 0 Å². The SMILES string of the molecule is CC(O)C(NC(=O)C(CCCN=C(N)N)NC(=O)C(N)CCCCN)C(=O)NC(CS)C(=O)O. The van der Waals surface area contributed by atoms with Gasteiger partial charge in [0.05, 0.1) is 12.1 Å². The van der Waals surface area contributed by atoms with Gasteiger partial charge in [-0.1, -0.05) is 6.42 Å². The van der Waals surface area contributed by atoms with Crippen molar-refractivity contribution in [3.8, 4) is 0 Å². The molecule has 0 saturated heterocycles. The van der Waals surface area contributed by atoms with Gasteiger partial charge in [0.2, 0.25) is 17.7 Å². The lowest BCUT2D eigenvalue weighted by atomic mass is 10.1. The van der Waals surface area contributed by atoms with Crippen molar-refractivity contribution in [2.45, 2.75) is 69.3 Å². The molecule has 5 unspecified atom stereocenters. The number of carboxylic acid groups (broad SMARTS) is 1. The first-order chi connectivity index (χ1) is 15.9. The summed E-state index contributed by atoms with van der Waals surface area (Å²) in [7, 11) is 0. The largest absolute Gasteiger partial charge is 0.480 e. The molecule has 0 heterocycles. The van der Waals surface area contributed by atoms with E-state index in [1.165, 1.54) is 6.92 Å². The van der Waals surface area contributed by atoms with Crippen molar-refractivity contribution in [1.82, 2.24) is 16.0 Å². The van der Waals surface area contributed by atoms with Crippen molar-refractivity contribution in [3.05, 3.63) is 0 Å². The van der Waals surface area contributed by atoms with E-state index in [9.17, 15) is 24.3 Å². The number of nitrogens with zero attached hydrogens (tertiary/aromatic N) is 1. The van der Waals surface area contributed by atoms with E-state index < -0.39 is 54.0 Å². The molecule has 0 saturated carbocycles. The zero-order chi connectivity index (χ0) is 26.3. The molecular weight excluding hydrogens is 468 g/mol. The Morgan fingerprint density at radius 1 is 0.941 bits per heavy atom. The summed E-state index contributed by atoms with van der Waals surface area (Å²) in [4.78, 5) is 52.9. The molecule has 13 N–H and O–H groups in total. The van der Waals surface area contributed by atoms with Crippen molar-refractivity contribution in [3.63, 3.8) is 0 Å². The predicted molar refractivity (Wildman–Crippen MR) is 130 cm³/mol. The van der Waals surface area contributed by atoms with Crippen LogP contribution >= 0.6 is 12.6 Å². The van der Waals surface area contributed by atoms with Gasteiger partial charge < -0.3 is 49.1 Å². The van der Waals surface area contributed by atoms with E-state index in [0.717, 1.165) is 0 Å². The zero-order valence-electron chi connectivity index (χ0n) is 19.3. The predicted octanol–water partition coefficient (Wildman–Crippen LogP) is -3.65. The van der Waals surface area contributed by atoms with E-state index in [1.807, 2.05) is 0 Å². The molecule has 3 amide bonds. The van der Waals surface area contributed by atoms with Gasteiger partial charge >= 0.3 is 5.97 Å². The number of amides is 3. The Kier molecular flexibility index (Phi) is 15.6. The minimum Gasteiger partial charge on any atom is -0.480 e. The van der Waals surface area contributed by atoms with Gasteiger partial charge in [0, 0.05) is 12.3 Å². The molecule has 0 radical (unpaired) electrons. The molecule has 15 heteroatoms. The second kappa shape index (κ2) is 16.9. The number of nitrogens with one attached hydrogen (secondary N) is 3. The Morgan fingerprint density at radius 2 is 1.56 bits per heavy atom. The lowest BCUT2D eigenvalue weighted by molar-refractivity contribution is -0.142. The van der Waals surface area contributed by atoms with Gasteiger partial charge in [-0.3, -0.25) is 19.4 Å². The van der Waals surface area contributed by atoms with Crippen molar-refractivity contribution in [1.29, 1.82) is 0 Å². The third-order valence-corrected chi connectivity index (χ3v) is 5.11. The van der Waals surface area contributed by atoms with Crippen molar-refractivity contribution >= 4 is 42.3 Å². The molecule has 196 valence electrons. The fourth-order valence-electron chi connectivity index (χ4n) is 2.80. The number of aliphatic hydroxyl groups is 1. The number of aliphatic imine (C=N–C) groups is 1. The third kappa shape index (κ3) is 12.6. The minimum atomic E-state index is -1.48. The van der Waals surface area contributed by atoms with Crippen LogP contribution < -0.4 is 38.9 Å². The summed E-state index contributed by atoms with van der Waals surface area (Å²) in [5.41, 5.74) is 21.9. The number of carbonyl (C=O) groups is 4. The van der Waals surface area contributed by atoms with E-state index in [4.69, 9.17) is 28.0 Å². The lowest BCUT2D eigenvalue weighted by Gasteiger charge is -2.26. The number of hydrogen-bond donors (Lipinski definition) is 10. The van der Waals surface area contributed by atoms with E-state index in [1.54, 1.807) is 0 Å². The van der Waals surface area contributed by atoms with Crippen LogP contribution in [0.25, 0.3) is 0 Å². The molecule has 0 fully saturated rings. The van der Waals surface area contributed by atoms with Crippen LogP contribution in [0.1, 0.15) is 39.0 Å². The summed E-state index contributed by atoms with van der Waals surface area (Å²) in [6, 6.07) is -4.79. The molecule has 0 aromatic heterocycles. The van der Waals surface area contributed by atoms with Crippen LogP contribution in [-0.2, 0) is 19.2 Å². The smallest absolute Gasteiger partial charge is 0.327 e. The van der Waals surface area contributed by atoms with Crippen molar-refractivity contribution in [2.24, 2.45) is 27.9 Å². The van der Waals surface area contributed by atoms with Gasteiger partial charge in [-0.15, -0.1) is 0 Å². The number of unbranched alkanes of at least 4 members (excludes halogenated alkanes) is 1. The first-order valence-electron chi connectivity index (χ1n) is 10.9. The fourth-order valence-corrected chi connectivity index (χ4v) is 3.04. The molecule has 0 aromatic rings. The highest BCUT2D eigenvalue weighted by Crippen LogP contribution is 2.05. The fraction of sp³-hybridized carbons (Fsp3) is 0.737. The van der Waals surface area contributed by atoms with E-state index in [-0.39, 0.29) is 24.7 Å². The summed E-state index contributed by atoms with van der Waals surface area (Å²) in [6.07, 6.45) is 0.738. The lowest BCUT2D eigenvalue weighted by Crippen LogP contribution is -2.60. The summed E-state index contributed by atoms with van der Waals surface area (Å²) < 4.78 is 0. The van der Waals surface area contributed by atoms with Crippen LogP contribution in [0.15, 0.2) is 4.99 Å². The molecule has 0 bridgehead atoms. The average molecular weight is 507 g/mol. The maximum atomic E-state index is 12.9. The van der Waals surface area contributed by atoms with Gasteiger partial charge in [-0.25, -0.2) is 4.79 Å². The summed E-state index contributed by atoms with van der Waals surface area (Å²) >= 11 is 3.86. The van der Waals surface area contributed by atoms with E-state index in [2.05, 4.69) is 33.6 Å². The second-order valence-electron chi connectivity index (χ2n) is 7.71. The molecule has 0 aliphatic rings. The normalized spacial score (nSPS) is 15.2. The van der Waals surface area contributed by atoms with Crippen molar-refractivity contribution < 1.29 is 29.4 Å². The first kappa shape index (κ1) is 31.4. The molecule has 0 rings (SSSR count). The number of thiol groups is 1.